The number of aliphatic hydroxyl groups excluding tert-OH is 1. The maximum atomic E-state index is 12.8. The van der Waals surface area contributed by atoms with Gasteiger partial charge in [0.05, 0.1) is 13.2 Å². The largest absolute Gasteiger partial charge is 0.417 e. The van der Waals surface area contributed by atoms with E-state index in [-0.39, 0.29) is 25.5 Å². The first kappa shape index (κ1) is 12.7. The van der Waals surface area contributed by atoms with E-state index in [1.165, 1.54) is 0 Å². The van der Waals surface area contributed by atoms with Gasteiger partial charge in [-0.1, -0.05) is 0 Å². The van der Waals surface area contributed by atoms with Crippen molar-refractivity contribution in [1.29, 1.82) is 0 Å². The van der Waals surface area contributed by atoms with Crippen LogP contribution in [0.1, 0.15) is 25.7 Å². The highest BCUT2D eigenvalue weighted by Gasteiger charge is 2.56. The third kappa shape index (κ3) is 2.83. The summed E-state index contributed by atoms with van der Waals surface area (Å²) in [6.07, 6.45) is -3.99. The molecule has 3 N–H and O–H groups in total. The van der Waals surface area contributed by atoms with E-state index < -0.39 is 18.4 Å². The van der Waals surface area contributed by atoms with Gasteiger partial charge in [0.15, 0.2) is 5.60 Å². The lowest BCUT2D eigenvalue weighted by Crippen LogP contribution is -2.52. The zero-order valence-corrected chi connectivity index (χ0v) is 8.39. The van der Waals surface area contributed by atoms with E-state index in [0.29, 0.717) is 12.8 Å². The Morgan fingerprint density at radius 2 is 1.87 bits per heavy atom. The van der Waals surface area contributed by atoms with Crippen molar-refractivity contribution in [3.05, 3.63) is 0 Å². The van der Waals surface area contributed by atoms with Crippen molar-refractivity contribution >= 4 is 0 Å². The molecule has 0 atom stereocenters. The van der Waals surface area contributed by atoms with Crippen LogP contribution in [0.4, 0.5) is 13.2 Å². The number of alkyl halides is 3. The smallest absolute Gasteiger partial charge is 0.394 e. The average molecular weight is 227 g/mol. The lowest BCUT2D eigenvalue weighted by Gasteiger charge is -2.40. The lowest BCUT2D eigenvalue weighted by atomic mass is 9.81. The van der Waals surface area contributed by atoms with Gasteiger partial charge in [0, 0.05) is 6.04 Å². The van der Waals surface area contributed by atoms with Crippen molar-refractivity contribution in [3.63, 3.8) is 0 Å². The fourth-order valence-corrected chi connectivity index (χ4v) is 1.86. The summed E-state index contributed by atoms with van der Waals surface area (Å²) in [6.45, 7) is -0.682. The molecule has 3 nitrogen and oxygen atoms in total. The average Bonchev–Trinajstić information content (AvgIpc) is 2.16. The molecular formula is C9H16F3NO2. The predicted molar refractivity (Wildman–Crippen MR) is 48.3 cm³/mol. The van der Waals surface area contributed by atoms with Crippen LogP contribution >= 0.6 is 0 Å². The Morgan fingerprint density at radius 3 is 2.27 bits per heavy atom. The van der Waals surface area contributed by atoms with E-state index in [0.717, 1.165) is 0 Å². The van der Waals surface area contributed by atoms with E-state index in [1.54, 1.807) is 0 Å². The number of hydrogen-bond acceptors (Lipinski definition) is 3. The Kier molecular flexibility index (Phi) is 3.97. The van der Waals surface area contributed by atoms with Gasteiger partial charge in [-0.3, -0.25) is 0 Å². The van der Waals surface area contributed by atoms with Gasteiger partial charge in [-0.2, -0.15) is 13.2 Å². The van der Waals surface area contributed by atoms with Gasteiger partial charge in [0.25, 0.3) is 0 Å². The molecule has 1 aliphatic carbocycles. The zero-order valence-electron chi connectivity index (χ0n) is 8.39. The monoisotopic (exact) mass is 227 g/mol. The molecule has 0 aromatic heterocycles. The molecule has 0 unspecified atom stereocenters. The van der Waals surface area contributed by atoms with Crippen molar-refractivity contribution in [2.24, 2.45) is 5.73 Å². The van der Waals surface area contributed by atoms with Crippen LogP contribution in [0.2, 0.25) is 0 Å². The van der Waals surface area contributed by atoms with E-state index in [1.807, 2.05) is 0 Å². The van der Waals surface area contributed by atoms with E-state index in [9.17, 15) is 13.2 Å². The van der Waals surface area contributed by atoms with Crippen molar-refractivity contribution < 1.29 is 23.0 Å². The summed E-state index contributed by atoms with van der Waals surface area (Å²) in [6, 6.07) is -0.168. The van der Waals surface area contributed by atoms with E-state index in [2.05, 4.69) is 0 Å². The second kappa shape index (κ2) is 4.67. The van der Waals surface area contributed by atoms with Gasteiger partial charge >= 0.3 is 6.18 Å². The highest BCUT2D eigenvalue weighted by Crippen LogP contribution is 2.44. The van der Waals surface area contributed by atoms with Crippen LogP contribution in [0.25, 0.3) is 0 Å². The minimum absolute atomic E-state index is 0.113. The molecule has 0 aromatic rings. The van der Waals surface area contributed by atoms with Crippen LogP contribution in [0.5, 0.6) is 0 Å². The van der Waals surface area contributed by atoms with Gasteiger partial charge in [-0.15, -0.1) is 0 Å². The van der Waals surface area contributed by atoms with Crippen LogP contribution in [0.3, 0.4) is 0 Å². The first-order valence-corrected chi connectivity index (χ1v) is 4.98. The van der Waals surface area contributed by atoms with Gasteiger partial charge < -0.3 is 15.6 Å². The Bertz CT molecular complexity index is 195. The Hall–Kier alpha value is -0.330. The van der Waals surface area contributed by atoms with Crippen molar-refractivity contribution in [3.8, 4) is 0 Å². The Balaban J connectivity index is 2.69. The summed E-state index contributed by atoms with van der Waals surface area (Å²) in [7, 11) is 0. The molecular weight excluding hydrogens is 211 g/mol. The molecule has 1 aliphatic rings. The molecule has 0 radical (unpaired) electrons. The van der Waals surface area contributed by atoms with Crippen molar-refractivity contribution in [2.75, 3.05) is 13.2 Å². The summed E-state index contributed by atoms with van der Waals surface area (Å²) < 4.78 is 43.2. The fourth-order valence-electron chi connectivity index (χ4n) is 1.86. The molecule has 0 aromatic carbocycles. The molecule has 1 fully saturated rings. The van der Waals surface area contributed by atoms with Gasteiger partial charge in [-0.25, -0.2) is 0 Å². The zero-order chi connectivity index (χ0) is 11.5. The van der Waals surface area contributed by atoms with Crippen LogP contribution in [0.15, 0.2) is 0 Å². The summed E-state index contributed by atoms with van der Waals surface area (Å²) in [5, 5.41) is 8.51. The molecule has 0 bridgehead atoms. The van der Waals surface area contributed by atoms with Crippen molar-refractivity contribution in [2.45, 2.75) is 43.5 Å². The molecule has 1 rings (SSSR count). The van der Waals surface area contributed by atoms with Crippen LogP contribution < -0.4 is 5.73 Å². The molecule has 0 saturated heterocycles. The molecule has 0 amide bonds. The SMILES string of the molecule is N[C@H]1CC[C@@](OCCO)(C(F)(F)F)CC1. The first-order valence-electron chi connectivity index (χ1n) is 4.98. The number of halogens is 3. The standard InChI is InChI=1S/C9H16F3NO2/c10-9(11,12)8(15-6-5-14)3-1-7(13)2-4-8/h7,14H,1-6,13H2/t7-,8-. The minimum Gasteiger partial charge on any atom is -0.394 e. The summed E-state index contributed by atoms with van der Waals surface area (Å²) >= 11 is 0. The Morgan fingerprint density at radius 1 is 1.33 bits per heavy atom. The number of ether oxygens (including phenoxy) is 1. The molecule has 90 valence electrons. The molecule has 1 saturated carbocycles. The highest BCUT2D eigenvalue weighted by molar-refractivity contribution is 4.94. The quantitative estimate of drug-likeness (QED) is 0.761. The van der Waals surface area contributed by atoms with Gasteiger partial charge in [0.2, 0.25) is 0 Å². The number of rotatable bonds is 3. The first-order chi connectivity index (χ1) is 6.91. The maximum Gasteiger partial charge on any atom is 0.417 e. The second-order valence-corrected chi connectivity index (χ2v) is 3.90. The van der Waals surface area contributed by atoms with Crippen molar-refractivity contribution in [1.82, 2.24) is 0 Å². The summed E-state index contributed by atoms with van der Waals surface area (Å²) in [4.78, 5) is 0. The molecule has 6 heteroatoms. The molecule has 15 heavy (non-hydrogen) atoms. The number of nitrogens with two attached hydrogens (primary N) is 1. The van der Waals surface area contributed by atoms with Crippen LogP contribution in [0, 0.1) is 0 Å². The normalized spacial score (nSPS) is 33.0. The number of aliphatic hydroxyl groups is 1. The third-order valence-electron chi connectivity index (χ3n) is 2.82. The van der Waals surface area contributed by atoms with E-state index in [4.69, 9.17) is 15.6 Å². The van der Waals surface area contributed by atoms with Crippen LogP contribution in [-0.4, -0.2) is 36.1 Å². The lowest BCUT2D eigenvalue weighted by molar-refractivity contribution is -0.289. The van der Waals surface area contributed by atoms with Gasteiger partial charge in [0.1, 0.15) is 0 Å². The molecule has 0 heterocycles. The third-order valence-corrected chi connectivity index (χ3v) is 2.82. The minimum atomic E-state index is -4.39. The number of hydrogen-bond donors (Lipinski definition) is 2. The van der Waals surface area contributed by atoms with Crippen LogP contribution in [-0.2, 0) is 4.74 Å². The second-order valence-electron chi connectivity index (χ2n) is 3.90. The molecule has 0 aliphatic heterocycles. The maximum absolute atomic E-state index is 12.8. The summed E-state index contributed by atoms with van der Waals surface area (Å²) in [5.41, 5.74) is 3.46. The van der Waals surface area contributed by atoms with E-state index >= 15 is 0 Å². The fraction of sp³-hybridized carbons (Fsp3) is 1.00. The Labute approximate surface area is 86.4 Å². The summed E-state index contributed by atoms with van der Waals surface area (Å²) in [5.74, 6) is 0. The highest BCUT2D eigenvalue weighted by atomic mass is 19.4. The van der Waals surface area contributed by atoms with Gasteiger partial charge in [-0.05, 0) is 25.7 Å². The molecule has 0 spiro atoms. The predicted octanol–water partition coefficient (Wildman–Crippen LogP) is 1.20. The topological polar surface area (TPSA) is 55.5 Å².